The van der Waals surface area contributed by atoms with Crippen LogP contribution in [0.5, 0.6) is 0 Å². The lowest BCUT2D eigenvalue weighted by molar-refractivity contribution is -0.146. The molecular formula is C16H19N3O2. The Kier molecular flexibility index (Phi) is 3.99. The number of hydrogen-bond acceptors (Lipinski definition) is 4. The van der Waals surface area contributed by atoms with E-state index in [0.717, 1.165) is 37.5 Å². The van der Waals surface area contributed by atoms with Gasteiger partial charge in [0, 0.05) is 19.4 Å². The number of aryl methyl sites for hydroxylation is 2. The minimum atomic E-state index is -0.143. The summed E-state index contributed by atoms with van der Waals surface area (Å²) in [6.07, 6.45) is 3.26. The van der Waals surface area contributed by atoms with E-state index in [9.17, 15) is 4.79 Å². The first-order valence-electron chi connectivity index (χ1n) is 7.30. The van der Waals surface area contributed by atoms with Crippen molar-refractivity contribution < 1.29 is 9.53 Å². The molecule has 0 N–H and O–H groups in total. The van der Waals surface area contributed by atoms with E-state index in [1.165, 1.54) is 12.7 Å². The fourth-order valence-electron chi connectivity index (χ4n) is 2.84. The molecular weight excluding hydrogens is 266 g/mol. The molecule has 1 aliphatic rings. The Morgan fingerprint density at radius 3 is 2.86 bits per heavy atom. The van der Waals surface area contributed by atoms with Crippen molar-refractivity contribution in [3.05, 3.63) is 47.5 Å². The predicted molar refractivity (Wildman–Crippen MR) is 77.7 cm³/mol. The standard InChI is InChI=1S/C16H19N3O2/c1-21-16(20)13-9-10-19-14(17-18-15(19)11-13)8-7-12-5-3-2-4-6-12/h2-6,13H,7-11H2,1H3. The zero-order chi connectivity index (χ0) is 14.7. The zero-order valence-electron chi connectivity index (χ0n) is 12.2. The van der Waals surface area contributed by atoms with E-state index in [-0.39, 0.29) is 11.9 Å². The normalized spacial score (nSPS) is 17.3. The van der Waals surface area contributed by atoms with Crippen molar-refractivity contribution in [3.8, 4) is 0 Å². The van der Waals surface area contributed by atoms with Gasteiger partial charge in [-0.3, -0.25) is 4.79 Å². The number of hydrogen-bond donors (Lipinski definition) is 0. The average molecular weight is 285 g/mol. The van der Waals surface area contributed by atoms with Crippen molar-refractivity contribution in [2.75, 3.05) is 7.11 Å². The second-order valence-electron chi connectivity index (χ2n) is 5.38. The molecule has 2 aromatic rings. The van der Waals surface area contributed by atoms with E-state index >= 15 is 0 Å². The van der Waals surface area contributed by atoms with Crippen LogP contribution in [0.4, 0.5) is 0 Å². The van der Waals surface area contributed by atoms with Crippen LogP contribution in [0.3, 0.4) is 0 Å². The number of carbonyl (C=O) groups is 1. The smallest absolute Gasteiger partial charge is 0.309 e. The van der Waals surface area contributed by atoms with Crippen LogP contribution >= 0.6 is 0 Å². The molecule has 21 heavy (non-hydrogen) atoms. The van der Waals surface area contributed by atoms with E-state index in [0.29, 0.717) is 6.42 Å². The van der Waals surface area contributed by atoms with Crippen LogP contribution in [0, 0.1) is 5.92 Å². The Balaban J connectivity index is 1.67. The third-order valence-corrected chi connectivity index (χ3v) is 4.05. The molecule has 1 aliphatic heterocycles. The van der Waals surface area contributed by atoms with Gasteiger partial charge in [-0.15, -0.1) is 10.2 Å². The van der Waals surface area contributed by atoms with E-state index in [4.69, 9.17) is 4.74 Å². The van der Waals surface area contributed by atoms with Gasteiger partial charge in [0.25, 0.3) is 0 Å². The summed E-state index contributed by atoms with van der Waals surface area (Å²) in [6.45, 7) is 0.798. The molecule has 5 heteroatoms. The first-order chi connectivity index (χ1) is 10.3. The Bertz CT molecular complexity index is 622. The van der Waals surface area contributed by atoms with Gasteiger partial charge < -0.3 is 9.30 Å². The highest BCUT2D eigenvalue weighted by atomic mass is 16.5. The molecule has 0 saturated heterocycles. The fourth-order valence-corrected chi connectivity index (χ4v) is 2.84. The predicted octanol–water partition coefficient (Wildman–Crippen LogP) is 1.80. The Morgan fingerprint density at radius 2 is 2.10 bits per heavy atom. The molecule has 1 unspecified atom stereocenters. The maximum atomic E-state index is 11.6. The summed E-state index contributed by atoms with van der Waals surface area (Å²) in [7, 11) is 1.44. The molecule has 1 atom stereocenters. The van der Waals surface area contributed by atoms with E-state index in [2.05, 4.69) is 39.0 Å². The third-order valence-electron chi connectivity index (χ3n) is 4.05. The van der Waals surface area contributed by atoms with Crippen molar-refractivity contribution in [2.45, 2.75) is 32.2 Å². The van der Waals surface area contributed by atoms with Gasteiger partial charge in [-0.25, -0.2) is 0 Å². The van der Waals surface area contributed by atoms with Gasteiger partial charge in [0.2, 0.25) is 0 Å². The lowest BCUT2D eigenvalue weighted by Gasteiger charge is -2.21. The number of rotatable bonds is 4. The molecule has 0 amide bonds. The Hall–Kier alpha value is -2.17. The minimum absolute atomic E-state index is 0.0753. The molecule has 1 aromatic carbocycles. The SMILES string of the molecule is COC(=O)C1CCn2c(CCc3ccccc3)nnc2C1. The van der Waals surface area contributed by atoms with Crippen molar-refractivity contribution in [2.24, 2.45) is 5.92 Å². The summed E-state index contributed by atoms with van der Waals surface area (Å²) in [5.41, 5.74) is 1.30. The molecule has 0 spiro atoms. The summed E-state index contributed by atoms with van der Waals surface area (Å²) >= 11 is 0. The summed E-state index contributed by atoms with van der Waals surface area (Å²) < 4.78 is 6.98. The number of aromatic nitrogens is 3. The number of esters is 1. The highest BCUT2D eigenvalue weighted by Crippen LogP contribution is 2.21. The van der Waals surface area contributed by atoms with Crippen molar-refractivity contribution in [1.82, 2.24) is 14.8 Å². The average Bonchev–Trinajstić information content (AvgIpc) is 2.95. The summed E-state index contributed by atoms with van der Waals surface area (Å²) in [4.78, 5) is 11.6. The Morgan fingerprint density at radius 1 is 1.29 bits per heavy atom. The van der Waals surface area contributed by atoms with E-state index < -0.39 is 0 Å². The van der Waals surface area contributed by atoms with E-state index in [1.54, 1.807) is 0 Å². The quantitative estimate of drug-likeness (QED) is 0.804. The molecule has 0 fully saturated rings. The molecule has 0 bridgehead atoms. The number of ether oxygens (including phenoxy) is 1. The highest BCUT2D eigenvalue weighted by molar-refractivity contribution is 5.72. The fraction of sp³-hybridized carbons (Fsp3) is 0.438. The summed E-state index contributed by atoms with van der Waals surface area (Å²) in [5.74, 6) is 1.70. The number of carbonyl (C=O) groups excluding carboxylic acids is 1. The lowest BCUT2D eigenvalue weighted by Crippen LogP contribution is -2.27. The topological polar surface area (TPSA) is 57.0 Å². The molecule has 1 aromatic heterocycles. The molecule has 2 heterocycles. The van der Waals surface area contributed by atoms with Gasteiger partial charge in [0.1, 0.15) is 11.6 Å². The van der Waals surface area contributed by atoms with Crippen molar-refractivity contribution in [3.63, 3.8) is 0 Å². The number of methoxy groups -OCH3 is 1. The largest absolute Gasteiger partial charge is 0.469 e. The number of fused-ring (bicyclic) bond motifs is 1. The molecule has 110 valence electrons. The number of nitrogens with zero attached hydrogens (tertiary/aromatic N) is 3. The summed E-state index contributed by atoms with van der Waals surface area (Å²) in [5, 5.41) is 8.53. The van der Waals surface area contributed by atoms with Gasteiger partial charge in [0.05, 0.1) is 13.0 Å². The van der Waals surface area contributed by atoms with Crippen LogP contribution in [0.15, 0.2) is 30.3 Å². The van der Waals surface area contributed by atoms with E-state index in [1.807, 2.05) is 6.07 Å². The third kappa shape index (κ3) is 2.96. The monoisotopic (exact) mass is 285 g/mol. The number of benzene rings is 1. The summed E-state index contributed by atoms with van der Waals surface area (Å²) in [6, 6.07) is 10.4. The molecule has 5 nitrogen and oxygen atoms in total. The zero-order valence-corrected chi connectivity index (χ0v) is 12.2. The lowest BCUT2D eigenvalue weighted by atomic mass is 9.98. The molecule has 0 aliphatic carbocycles. The van der Waals surface area contributed by atoms with Gasteiger partial charge >= 0.3 is 5.97 Å². The maximum absolute atomic E-state index is 11.6. The highest BCUT2D eigenvalue weighted by Gasteiger charge is 2.28. The van der Waals surface area contributed by atoms with Crippen LogP contribution in [0.25, 0.3) is 0 Å². The van der Waals surface area contributed by atoms with Crippen LogP contribution in [-0.2, 0) is 35.3 Å². The van der Waals surface area contributed by atoms with Gasteiger partial charge in [-0.05, 0) is 18.4 Å². The van der Waals surface area contributed by atoms with Crippen molar-refractivity contribution >= 4 is 5.97 Å². The van der Waals surface area contributed by atoms with Gasteiger partial charge in [-0.2, -0.15) is 0 Å². The maximum Gasteiger partial charge on any atom is 0.309 e. The van der Waals surface area contributed by atoms with Crippen LogP contribution < -0.4 is 0 Å². The van der Waals surface area contributed by atoms with Gasteiger partial charge in [-0.1, -0.05) is 30.3 Å². The van der Waals surface area contributed by atoms with Crippen LogP contribution in [0.2, 0.25) is 0 Å². The first kappa shape index (κ1) is 13.8. The Labute approximate surface area is 124 Å². The van der Waals surface area contributed by atoms with Gasteiger partial charge in [0.15, 0.2) is 0 Å². The molecule has 0 saturated carbocycles. The van der Waals surface area contributed by atoms with Crippen molar-refractivity contribution in [1.29, 1.82) is 0 Å². The molecule has 0 radical (unpaired) electrons. The molecule has 3 rings (SSSR count). The first-order valence-corrected chi connectivity index (χ1v) is 7.30. The second-order valence-corrected chi connectivity index (χ2v) is 5.38. The second kappa shape index (κ2) is 6.08. The van der Waals surface area contributed by atoms with Crippen LogP contribution in [0.1, 0.15) is 23.6 Å². The van der Waals surface area contributed by atoms with Crippen LogP contribution in [-0.4, -0.2) is 27.8 Å². The minimum Gasteiger partial charge on any atom is -0.469 e.